The molecule has 17 heavy (non-hydrogen) atoms. The van der Waals surface area contributed by atoms with Gasteiger partial charge in [-0.05, 0) is 32.2 Å². The highest BCUT2D eigenvalue weighted by Crippen LogP contribution is 2.26. The van der Waals surface area contributed by atoms with E-state index in [1.807, 2.05) is 0 Å². The Kier molecular flexibility index (Phi) is 4.07. The number of rotatable bonds is 1. The van der Waals surface area contributed by atoms with E-state index in [4.69, 9.17) is 5.73 Å². The highest BCUT2D eigenvalue weighted by molar-refractivity contribution is 5.85. The van der Waals surface area contributed by atoms with Crippen molar-refractivity contribution in [2.75, 3.05) is 13.1 Å². The minimum absolute atomic E-state index is 0. The van der Waals surface area contributed by atoms with E-state index in [0.717, 1.165) is 32.5 Å². The Labute approximate surface area is 108 Å². The van der Waals surface area contributed by atoms with Gasteiger partial charge in [-0.15, -0.1) is 12.4 Å². The fourth-order valence-electron chi connectivity index (χ4n) is 2.89. The van der Waals surface area contributed by atoms with Gasteiger partial charge in [0.1, 0.15) is 5.82 Å². The lowest BCUT2D eigenvalue weighted by atomic mass is 9.98. The molecule has 96 valence electrons. The number of piperidine rings is 1. The number of fused-ring (bicyclic) bond motifs is 1. The summed E-state index contributed by atoms with van der Waals surface area (Å²) in [4.78, 5) is 4.62. The van der Waals surface area contributed by atoms with Gasteiger partial charge in [-0.2, -0.15) is 0 Å². The number of aryl methyl sites for hydroxylation is 1. The van der Waals surface area contributed by atoms with Crippen LogP contribution in [0.2, 0.25) is 0 Å². The number of hydrogen-bond donors (Lipinski definition) is 2. The summed E-state index contributed by atoms with van der Waals surface area (Å²) in [6, 6.07) is 0.317. The van der Waals surface area contributed by atoms with E-state index in [1.165, 1.54) is 24.4 Å². The van der Waals surface area contributed by atoms with Crippen LogP contribution in [0.15, 0.2) is 6.20 Å². The number of aromatic nitrogens is 2. The average Bonchev–Trinajstić information content (AvgIpc) is 2.73. The summed E-state index contributed by atoms with van der Waals surface area (Å²) in [6.07, 6.45) is 6.77. The molecule has 3 N–H and O–H groups in total. The third-order valence-electron chi connectivity index (χ3n) is 3.82. The number of nitrogens with two attached hydrogens (primary N) is 1. The van der Waals surface area contributed by atoms with Crippen LogP contribution in [0.3, 0.4) is 0 Å². The lowest BCUT2D eigenvalue weighted by Crippen LogP contribution is -2.35. The van der Waals surface area contributed by atoms with E-state index in [0.29, 0.717) is 12.0 Å². The van der Waals surface area contributed by atoms with Gasteiger partial charge in [0.25, 0.3) is 0 Å². The summed E-state index contributed by atoms with van der Waals surface area (Å²) < 4.78 is 2.37. The van der Waals surface area contributed by atoms with E-state index in [2.05, 4.69) is 21.1 Å². The maximum absolute atomic E-state index is 6.04. The summed E-state index contributed by atoms with van der Waals surface area (Å²) >= 11 is 0. The number of hydrogen-bond acceptors (Lipinski definition) is 3. The molecular weight excluding hydrogens is 236 g/mol. The van der Waals surface area contributed by atoms with Crippen LogP contribution in [0, 0.1) is 0 Å². The second-order valence-electron chi connectivity index (χ2n) is 5.06. The van der Waals surface area contributed by atoms with Crippen LogP contribution in [0.4, 0.5) is 0 Å². The number of imidazole rings is 1. The van der Waals surface area contributed by atoms with Gasteiger partial charge in [-0.1, -0.05) is 0 Å². The second-order valence-corrected chi connectivity index (χ2v) is 5.06. The zero-order valence-electron chi connectivity index (χ0n) is 10.1. The first-order valence-corrected chi connectivity index (χ1v) is 6.35. The molecule has 0 bridgehead atoms. The molecule has 1 aromatic heterocycles. The Hall–Kier alpha value is -0.580. The van der Waals surface area contributed by atoms with E-state index in [1.54, 1.807) is 0 Å². The monoisotopic (exact) mass is 256 g/mol. The first-order valence-electron chi connectivity index (χ1n) is 6.35. The topological polar surface area (TPSA) is 55.9 Å². The molecule has 1 saturated heterocycles. The SMILES string of the molecule is Cl.NC1CCc2cnc(C3CCCNC3)n2C1. The van der Waals surface area contributed by atoms with Crippen molar-refractivity contribution in [3.63, 3.8) is 0 Å². The van der Waals surface area contributed by atoms with E-state index >= 15 is 0 Å². The van der Waals surface area contributed by atoms with Gasteiger partial charge in [0, 0.05) is 36.9 Å². The van der Waals surface area contributed by atoms with Crippen molar-refractivity contribution in [2.45, 2.75) is 44.2 Å². The van der Waals surface area contributed by atoms with Crippen molar-refractivity contribution in [2.24, 2.45) is 5.73 Å². The van der Waals surface area contributed by atoms with Crippen molar-refractivity contribution in [3.05, 3.63) is 17.7 Å². The van der Waals surface area contributed by atoms with E-state index in [-0.39, 0.29) is 12.4 Å². The summed E-state index contributed by atoms with van der Waals surface area (Å²) in [5.74, 6) is 1.85. The molecule has 2 atom stereocenters. The lowest BCUT2D eigenvalue weighted by molar-refractivity contribution is 0.399. The zero-order chi connectivity index (χ0) is 11.0. The van der Waals surface area contributed by atoms with Gasteiger partial charge < -0.3 is 15.6 Å². The number of nitrogens with zero attached hydrogens (tertiary/aromatic N) is 2. The van der Waals surface area contributed by atoms with Crippen LogP contribution >= 0.6 is 12.4 Å². The largest absolute Gasteiger partial charge is 0.330 e. The number of halogens is 1. The standard InChI is InChI=1S/C12H20N4.ClH/c13-10-3-4-11-7-15-12(16(11)8-10)9-2-1-5-14-6-9;/h7,9-10,14H,1-6,8,13H2;1H. The molecule has 0 amide bonds. The molecule has 0 aromatic carbocycles. The molecule has 0 aliphatic carbocycles. The predicted molar refractivity (Wildman–Crippen MR) is 70.6 cm³/mol. The minimum atomic E-state index is 0. The molecule has 1 aromatic rings. The van der Waals surface area contributed by atoms with E-state index in [9.17, 15) is 0 Å². The van der Waals surface area contributed by atoms with Crippen LogP contribution in [0.5, 0.6) is 0 Å². The maximum atomic E-state index is 6.04. The molecule has 0 spiro atoms. The van der Waals surface area contributed by atoms with Crippen LogP contribution in [0.1, 0.15) is 36.7 Å². The predicted octanol–water partition coefficient (Wildman–Crippen LogP) is 1.05. The summed E-state index contributed by atoms with van der Waals surface area (Å²) in [7, 11) is 0. The lowest BCUT2D eigenvalue weighted by Gasteiger charge is -2.27. The fourth-order valence-corrected chi connectivity index (χ4v) is 2.89. The van der Waals surface area contributed by atoms with Crippen LogP contribution < -0.4 is 11.1 Å². The fraction of sp³-hybridized carbons (Fsp3) is 0.750. The van der Waals surface area contributed by atoms with E-state index < -0.39 is 0 Å². The van der Waals surface area contributed by atoms with Crippen LogP contribution in [-0.2, 0) is 13.0 Å². The summed E-state index contributed by atoms with van der Waals surface area (Å²) in [5, 5.41) is 3.46. The van der Waals surface area contributed by atoms with Crippen LogP contribution in [-0.4, -0.2) is 28.7 Å². The van der Waals surface area contributed by atoms with Crippen molar-refractivity contribution in [1.29, 1.82) is 0 Å². The molecule has 2 aliphatic heterocycles. The molecule has 0 radical (unpaired) electrons. The molecule has 0 saturated carbocycles. The molecule has 4 nitrogen and oxygen atoms in total. The first kappa shape index (κ1) is 12.9. The van der Waals surface area contributed by atoms with Gasteiger partial charge in [-0.3, -0.25) is 0 Å². The van der Waals surface area contributed by atoms with Gasteiger partial charge in [-0.25, -0.2) is 4.98 Å². The Morgan fingerprint density at radius 3 is 3.06 bits per heavy atom. The summed E-state index contributed by atoms with van der Waals surface area (Å²) in [5.41, 5.74) is 7.42. The molecule has 3 rings (SSSR count). The van der Waals surface area contributed by atoms with Gasteiger partial charge in [0.15, 0.2) is 0 Å². The summed E-state index contributed by atoms with van der Waals surface area (Å²) in [6.45, 7) is 3.19. The second kappa shape index (κ2) is 5.38. The highest BCUT2D eigenvalue weighted by atomic mass is 35.5. The first-order chi connectivity index (χ1) is 7.84. The van der Waals surface area contributed by atoms with Crippen molar-refractivity contribution >= 4 is 12.4 Å². The van der Waals surface area contributed by atoms with Gasteiger partial charge in [0.2, 0.25) is 0 Å². The minimum Gasteiger partial charge on any atom is -0.330 e. The third kappa shape index (κ3) is 2.49. The van der Waals surface area contributed by atoms with Crippen molar-refractivity contribution < 1.29 is 0 Å². The molecular formula is C12H21ClN4. The molecule has 3 heterocycles. The Balaban J connectivity index is 0.00000108. The average molecular weight is 257 g/mol. The highest BCUT2D eigenvalue weighted by Gasteiger charge is 2.24. The Bertz CT molecular complexity index is 371. The third-order valence-corrected chi connectivity index (χ3v) is 3.82. The molecule has 2 unspecified atom stereocenters. The molecule has 2 aliphatic rings. The Morgan fingerprint density at radius 2 is 2.29 bits per heavy atom. The Morgan fingerprint density at radius 1 is 1.41 bits per heavy atom. The zero-order valence-corrected chi connectivity index (χ0v) is 10.9. The van der Waals surface area contributed by atoms with Crippen LogP contribution in [0.25, 0.3) is 0 Å². The van der Waals surface area contributed by atoms with Crippen molar-refractivity contribution in [3.8, 4) is 0 Å². The molecule has 5 heteroatoms. The van der Waals surface area contributed by atoms with Gasteiger partial charge >= 0.3 is 0 Å². The quantitative estimate of drug-likeness (QED) is 0.790. The normalized spacial score (nSPS) is 28.3. The molecule has 1 fully saturated rings. The smallest absolute Gasteiger partial charge is 0.113 e. The van der Waals surface area contributed by atoms with Crippen molar-refractivity contribution in [1.82, 2.24) is 14.9 Å². The number of nitrogens with one attached hydrogen (secondary N) is 1. The maximum Gasteiger partial charge on any atom is 0.113 e. The van der Waals surface area contributed by atoms with Gasteiger partial charge in [0.05, 0.1) is 0 Å².